The fourth-order valence-electron chi connectivity index (χ4n) is 4.48. The minimum absolute atomic E-state index is 0.412. The molecule has 0 radical (unpaired) electrons. The first-order chi connectivity index (χ1) is 16.5. The van der Waals surface area contributed by atoms with Gasteiger partial charge in [0.05, 0.1) is 22.1 Å². The zero-order valence-electron chi connectivity index (χ0n) is 19.7. The fraction of sp³-hybridized carbons (Fsp3) is 0.462. The lowest BCUT2D eigenvalue weighted by Crippen LogP contribution is -2.27. The average molecular weight is 521 g/mol. The Morgan fingerprint density at radius 1 is 1.24 bits per heavy atom. The van der Waals surface area contributed by atoms with Crippen molar-refractivity contribution in [1.29, 1.82) is 0 Å². The Labute approximate surface area is 215 Å². The van der Waals surface area contributed by atoms with Crippen molar-refractivity contribution in [3.63, 3.8) is 0 Å². The van der Waals surface area contributed by atoms with E-state index in [0.29, 0.717) is 28.3 Å². The first kappa shape index (κ1) is 25.1. The Kier molecular flexibility index (Phi) is 8.56. The molecule has 8 heteroatoms. The third-order valence-electron chi connectivity index (χ3n) is 6.42. The van der Waals surface area contributed by atoms with Crippen LogP contribution in [0.2, 0.25) is 10.0 Å². The van der Waals surface area contributed by atoms with Crippen molar-refractivity contribution in [2.45, 2.75) is 65.3 Å². The fourth-order valence-corrected chi connectivity index (χ4v) is 5.89. The van der Waals surface area contributed by atoms with Crippen LogP contribution in [0.5, 0.6) is 5.75 Å². The van der Waals surface area contributed by atoms with Crippen LogP contribution in [0.3, 0.4) is 0 Å². The number of unbranched alkanes of at least 4 members (excludes halogenated alkanes) is 1. The molecule has 1 amide bonds. The van der Waals surface area contributed by atoms with Crippen molar-refractivity contribution in [3.05, 3.63) is 45.4 Å². The molecule has 1 fully saturated rings. The van der Waals surface area contributed by atoms with Gasteiger partial charge in [-0.15, -0.1) is 11.3 Å². The highest BCUT2D eigenvalue weighted by Crippen LogP contribution is 2.38. The lowest BCUT2D eigenvalue weighted by molar-refractivity contribution is 0.200. The molecule has 1 saturated carbocycles. The standard InChI is InChI=1S/C26H31Cl2N3O2S/c1-3-4-12-29-26(32)33-24-14-23(31(17(24)2)15-18-8-6-5-7-9-18)22-16-34-25(30-22)20-11-10-19(27)13-21(20)28/h10-11,13-14,16,18H,3-9,12,15H2,1-2H3,(H,29,32). The van der Waals surface area contributed by atoms with E-state index < -0.39 is 6.09 Å². The van der Waals surface area contributed by atoms with Crippen LogP contribution in [0.4, 0.5) is 4.79 Å². The van der Waals surface area contributed by atoms with E-state index in [1.807, 2.05) is 30.5 Å². The summed E-state index contributed by atoms with van der Waals surface area (Å²) in [5, 5.41) is 6.89. The van der Waals surface area contributed by atoms with E-state index in [1.54, 1.807) is 17.4 Å². The van der Waals surface area contributed by atoms with Crippen molar-refractivity contribution >= 4 is 40.6 Å². The SMILES string of the molecule is CCCCNC(=O)Oc1cc(-c2csc(-c3ccc(Cl)cc3Cl)n2)n(CC2CCCCC2)c1C. The van der Waals surface area contributed by atoms with E-state index in [9.17, 15) is 4.79 Å². The van der Waals surface area contributed by atoms with Crippen LogP contribution in [0.15, 0.2) is 29.6 Å². The molecule has 0 bridgehead atoms. The van der Waals surface area contributed by atoms with Gasteiger partial charge in [-0.05, 0) is 50.3 Å². The molecule has 1 aromatic carbocycles. The summed E-state index contributed by atoms with van der Waals surface area (Å²) in [6, 6.07) is 7.40. The molecule has 1 N–H and O–H groups in total. The number of hydrogen-bond donors (Lipinski definition) is 1. The van der Waals surface area contributed by atoms with E-state index in [2.05, 4.69) is 16.8 Å². The quantitative estimate of drug-likeness (QED) is 0.304. The molecule has 1 aliphatic rings. The van der Waals surface area contributed by atoms with E-state index in [1.165, 1.54) is 32.1 Å². The minimum Gasteiger partial charge on any atom is -0.408 e. The first-order valence-electron chi connectivity index (χ1n) is 12.0. The Balaban J connectivity index is 1.64. The second kappa shape index (κ2) is 11.6. The number of benzene rings is 1. The molecular formula is C26H31Cl2N3O2S. The van der Waals surface area contributed by atoms with Gasteiger partial charge in [0.15, 0.2) is 5.75 Å². The summed E-state index contributed by atoms with van der Waals surface area (Å²) in [7, 11) is 0. The average Bonchev–Trinajstić information content (AvgIpc) is 3.41. The van der Waals surface area contributed by atoms with Crippen LogP contribution in [-0.2, 0) is 6.54 Å². The molecule has 0 atom stereocenters. The number of carbonyl (C=O) groups excluding carboxylic acids is 1. The Hall–Kier alpha value is -2.02. The topological polar surface area (TPSA) is 56.1 Å². The minimum atomic E-state index is -0.412. The largest absolute Gasteiger partial charge is 0.412 e. The summed E-state index contributed by atoms with van der Waals surface area (Å²) in [6.45, 7) is 5.62. The predicted octanol–water partition coefficient (Wildman–Crippen LogP) is 8.36. The van der Waals surface area contributed by atoms with Crippen LogP contribution in [0, 0.1) is 12.8 Å². The Morgan fingerprint density at radius 2 is 2.03 bits per heavy atom. The maximum absolute atomic E-state index is 12.4. The van der Waals surface area contributed by atoms with Crippen molar-refractivity contribution < 1.29 is 9.53 Å². The van der Waals surface area contributed by atoms with E-state index in [4.69, 9.17) is 32.9 Å². The maximum Gasteiger partial charge on any atom is 0.412 e. The summed E-state index contributed by atoms with van der Waals surface area (Å²) in [4.78, 5) is 17.3. The highest BCUT2D eigenvalue weighted by atomic mass is 35.5. The number of thiazole rings is 1. The Morgan fingerprint density at radius 3 is 2.76 bits per heavy atom. The third-order valence-corrected chi connectivity index (χ3v) is 7.84. The number of nitrogens with zero attached hydrogens (tertiary/aromatic N) is 2. The van der Waals surface area contributed by atoms with Gasteiger partial charge in [0.25, 0.3) is 0 Å². The van der Waals surface area contributed by atoms with Crippen LogP contribution in [0.1, 0.15) is 57.6 Å². The molecule has 2 heterocycles. The van der Waals surface area contributed by atoms with Crippen molar-refractivity contribution in [1.82, 2.24) is 14.9 Å². The first-order valence-corrected chi connectivity index (χ1v) is 13.7. The van der Waals surface area contributed by atoms with E-state index in [0.717, 1.165) is 47.0 Å². The van der Waals surface area contributed by atoms with Crippen molar-refractivity contribution in [3.8, 4) is 27.7 Å². The van der Waals surface area contributed by atoms with Crippen molar-refractivity contribution in [2.75, 3.05) is 6.54 Å². The summed E-state index contributed by atoms with van der Waals surface area (Å²) in [5.74, 6) is 1.20. The monoisotopic (exact) mass is 519 g/mol. The van der Waals surface area contributed by atoms with Crippen LogP contribution < -0.4 is 10.1 Å². The zero-order valence-corrected chi connectivity index (χ0v) is 22.0. The van der Waals surface area contributed by atoms with Crippen LogP contribution in [0.25, 0.3) is 22.0 Å². The molecule has 5 nitrogen and oxygen atoms in total. The van der Waals surface area contributed by atoms with Gasteiger partial charge in [-0.2, -0.15) is 0 Å². The highest BCUT2D eigenvalue weighted by molar-refractivity contribution is 7.13. The lowest BCUT2D eigenvalue weighted by atomic mass is 9.89. The lowest BCUT2D eigenvalue weighted by Gasteiger charge is -2.24. The van der Waals surface area contributed by atoms with Crippen molar-refractivity contribution in [2.24, 2.45) is 5.92 Å². The van der Waals surface area contributed by atoms with Gasteiger partial charge in [0.2, 0.25) is 0 Å². The van der Waals surface area contributed by atoms with Gasteiger partial charge in [-0.1, -0.05) is 55.8 Å². The molecule has 2 aromatic heterocycles. The van der Waals surface area contributed by atoms with Gasteiger partial charge in [0.1, 0.15) is 5.01 Å². The summed E-state index contributed by atoms with van der Waals surface area (Å²) >= 11 is 14.0. The van der Waals surface area contributed by atoms with Gasteiger partial charge in [-0.25, -0.2) is 9.78 Å². The molecule has 0 aliphatic heterocycles. The number of aromatic nitrogens is 2. The summed E-state index contributed by atoms with van der Waals surface area (Å²) in [6.07, 6.45) is 7.86. The number of carbonyl (C=O) groups is 1. The van der Waals surface area contributed by atoms with Gasteiger partial charge in [-0.3, -0.25) is 0 Å². The molecule has 4 rings (SSSR count). The van der Waals surface area contributed by atoms with Gasteiger partial charge < -0.3 is 14.6 Å². The smallest absolute Gasteiger partial charge is 0.408 e. The second-order valence-electron chi connectivity index (χ2n) is 8.93. The number of ether oxygens (including phenoxy) is 1. The summed E-state index contributed by atoms with van der Waals surface area (Å²) in [5.41, 5.74) is 3.62. The molecule has 0 unspecified atom stereocenters. The Bertz CT molecular complexity index is 1140. The van der Waals surface area contributed by atoms with Crippen LogP contribution in [-0.4, -0.2) is 22.2 Å². The molecule has 182 valence electrons. The third kappa shape index (κ3) is 5.96. The zero-order chi connectivity index (χ0) is 24.1. The number of rotatable bonds is 8. The van der Waals surface area contributed by atoms with Gasteiger partial charge in [0, 0.05) is 35.1 Å². The predicted molar refractivity (Wildman–Crippen MR) is 141 cm³/mol. The molecule has 34 heavy (non-hydrogen) atoms. The second-order valence-corrected chi connectivity index (χ2v) is 10.6. The van der Waals surface area contributed by atoms with Gasteiger partial charge >= 0.3 is 6.09 Å². The number of nitrogens with one attached hydrogen (secondary N) is 1. The number of halogens is 2. The molecule has 1 aliphatic carbocycles. The summed E-state index contributed by atoms with van der Waals surface area (Å²) < 4.78 is 7.99. The normalized spacial score (nSPS) is 14.4. The molecule has 0 spiro atoms. The number of hydrogen-bond acceptors (Lipinski definition) is 4. The molecular weight excluding hydrogens is 489 g/mol. The highest BCUT2D eigenvalue weighted by Gasteiger charge is 2.23. The maximum atomic E-state index is 12.4. The van der Waals surface area contributed by atoms with E-state index >= 15 is 0 Å². The molecule has 0 saturated heterocycles. The van der Waals surface area contributed by atoms with Crippen LogP contribution >= 0.6 is 34.5 Å². The number of amides is 1. The van der Waals surface area contributed by atoms with E-state index in [-0.39, 0.29) is 0 Å². The molecule has 3 aromatic rings.